The molecule has 1 aromatic heterocycles. The monoisotopic (exact) mass is 151 g/mol. The third kappa shape index (κ3) is 0.824. The lowest BCUT2D eigenvalue weighted by Gasteiger charge is -2.08. The molecular weight excluding hydrogens is 138 g/mol. The smallest absolute Gasteiger partial charge is 0.111 e. The molecule has 2 heteroatoms. The van der Waals surface area contributed by atoms with Gasteiger partial charge in [0.2, 0.25) is 0 Å². The first-order valence-corrected chi connectivity index (χ1v) is 4.09. The summed E-state index contributed by atoms with van der Waals surface area (Å²) in [5.74, 6) is 1.06. The van der Waals surface area contributed by atoms with E-state index in [9.17, 15) is 0 Å². The van der Waals surface area contributed by atoms with Crippen LogP contribution in [0.15, 0.2) is 22.8 Å². The average Bonchev–Trinajstić information content (AvgIpc) is 2.55. The third-order valence-electron chi connectivity index (χ3n) is 2.78. The van der Waals surface area contributed by atoms with Crippen LogP contribution in [0, 0.1) is 0 Å². The van der Waals surface area contributed by atoms with Gasteiger partial charge in [-0.3, -0.25) is 0 Å². The van der Waals surface area contributed by atoms with E-state index >= 15 is 0 Å². The topological polar surface area (TPSA) is 39.2 Å². The summed E-state index contributed by atoms with van der Waals surface area (Å²) < 4.78 is 5.34. The van der Waals surface area contributed by atoms with Gasteiger partial charge >= 0.3 is 0 Å². The molecule has 0 spiro atoms. The van der Waals surface area contributed by atoms with E-state index in [4.69, 9.17) is 10.2 Å². The van der Waals surface area contributed by atoms with Crippen molar-refractivity contribution in [3.05, 3.63) is 24.2 Å². The van der Waals surface area contributed by atoms with Crippen LogP contribution in [0.5, 0.6) is 0 Å². The fourth-order valence-electron chi connectivity index (χ4n) is 1.76. The second-order valence-corrected chi connectivity index (χ2v) is 3.30. The van der Waals surface area contributed by atoms with Gasteiger partial charge in [-0.05, 0) is 25.0 Å². The molecule has 1 saturated carbocycles. The zero-order chi connectivity index (χ0) is 7.90. The maximum atomic E-state index is 5.84. The fourth-order valence-corrected chi connectivity index (χ4v) is 1.76. The minimum atomic E-state index is 0.184. The summed E-state index contributed by atoms with van der Waals surface area (Å²) in [5.41, 5.74) is 6.03. The van der Waals surface area contributed by atoms with E-state index in [1.54, 1.807) is 6.26 Å². The Balaban J connectivity index is 2.28. The Morgan fingerprint density at radius 1 is 1.82 bits per heavy atom. The van der Waals surface area contributed by atoms with Crippen LogP contribution in [0.4, 0.5) is 0 Å². The molecule has 2 nitrogen and oxygen atoms in total. The highest BCUT2D eigenvalue weighted by Crippen LogP contribution is 2.49. The van der Waals surface area contributed by atoms with Crippen molar-refractivity contribution in [2.75, 3.05) is 0 Å². The van der Waals surface area contributed by atoms with Crippen LogP contribution in [-0.4, -0.2) is 6.04 Å². The van der Waals surface area contributed by atoms with Gasteiger partial charge in [-0.15, -0.1) is 0 Å². The van der Waals surface area contributed by atoms with Crippen molar-refractivity contribution in [1.29, 1.82) is 0 Å². The van der Waals surface area contributed by atoms with E-state index < -0.39 is 0 Å². The van der Waals surface area contributed by atoms with Gasteiger partial charge in [0, 0.05) is 11.5 Å². The molecular formula is C9H13NO. The van der Waals surface area contributed by atoms with E-state index in [0.29, 0.717) is 6.04 Å². The van der Waals surface area contributed by atoms with Crippen molar-refractivity contribution in [3.63, 3.8) is 0 Å². The fraction of sp³-hybridized carbons (Fsp3) is 0.556. The molecule has 60 valence electrons. The molecule has 11 heavy (non-hydrogen) atoms. The molecule has 0 radical (unpaired) electrons. The maximum absolute atomic E-state index is 5.84. The lowest BCUT2D eigenvalue weighted by Crippen LogP contribution is -2.16. The normalized spacial score (nSPS) is 35.6. The molecule has 2 rings (SSSR count). The summed E-state index contributed by atoms with van der Waals surface area (Å²) >= 11 is 0. The van der Waals surface area contributed by atoms with Gasteiger partial charge in [0.25, 0.3) is 0 Å². The van der Waals surface area contributed by atoms with Crippen LogP contribution < -0.4 is 5.73 Å². The summed E-state index contributed by atoms with van der Waals surface area (Å²) in [5, 5.41) is 0. The molecule has 1 aromatic rings. The highest BCUT2D eigenvalue weighted by Gasteiger charge is 2.53. The largest absolute Gasteiger partial charge is 0.469 e. The molecule has 2 N–H and O–H groups in total. The average molecular weight is 151 g/mol. The second-order valence-electron chi connectivity index (χ2n) is 3.30. The van der Waals surface area contributed by atoms with Gasteiger partial charge in [-0.25, -0.2) is 0 Å². The molecule has 2 unspecified atom stereocenters. The molecule has 1 aliphatic carbocycles. The first-order chi connectivity index (χ1) is 5.29. The number of hydrogen-bond acceptors (Lipinski definition) is 2. The predicted molar refractivity (Wildman–Crippen MR) is 43.3 cm³/mol. The Kier molecular flexibility index (Phi) is 1.33. The van der Waals surface area contributed by atoms with Crippen LogP contribution in [0.3, 0.4) is 0 Å². The van der Waals surface area contributed by atoms with E-state index in [-0.39, 0.29) is 5.41 Å². The van der Waals surface area contributed by atoms with Gasteiger partial charge < -0.3 is 10.2 Å². The third-order valence-corrected chi connectivity index (χ3v) is 2.78. The molecule has 0 saturated heterocycles. The van der Waals surface area contributed by atoms with Crippen LogP contribution in [0.2, 0.25) is 0 Å². The molecule has 0 aliphatic heterocycles. The number of furan rings is 1. The Labute approximate surface area is 66.4 Å². The van der Waals surface area contributed by atoms with E-state index in [0.717, 1.165) is 18.6 Å². The predicted octanol–water partition coefficient (Wildman–Crippen LogP) is 1.66. The summed E-state index contributed by atoms with van der Waals surface area (Å²) in [4.78, 5) is 0. The summed E-state index contributed by atoms with van der Waals surface area (Å²) in [6, 6.07) is 4.27. The van der Waals surface area contributed by atoms with Crippen LogP contribution >= 0.6 is 0 Å². The van der Waals surface area contributed by atoms with Crippen molar-refractivity contribution < 1.29 is 4.42 Å². The Hall–Kier alpha value is -0.760. The SMILES string of the molecule is CCC1(c2ccco2)CC1N. The van der Waals surface area contributed by atoms with E-state index in [1.807, 2.05) is 12.1 Å². The summed E-state index contributed by atoms with van der Waals surface area (Å²) in [6.45, 7) is 2.16. The second kappa shape index (κ2) is 2.11. The quantitative estimate of drug-likeness (QED) is 0.698. The molecule has 1 fully saturated rings. The Morgan fingerprint density at radius 3 is 2.91 bits per heavy atom. The van der Waals surface area contributed by atoms with Gasteiger partial charge in [0.05, 0.1) is 6.26 Å². The first-order valence-electron chi connectivity index (χ1n) is 4.09. The lowest BCUT2D eigenvalue weighted by atomic mass is 10.00. The Bertz CT molecular complexity index is 238. The van der Waals surface area contributed by atoms with E-state index in [1.165, 1.54) is 0 Å². The van der Waals surface area contributed by atoms with Gasteiger partial charge in [-0.2, -0.15) is 0 Å². The van der Waals surface area contributed by atoms with Crippen molar-refractivity contribution in [2.24, 2.45) is 5.73 Å². The molecule has 1 aliphatic rings. The maximum Gasteiger partial charge on any atom is 0.111 e. The molecule has 0 aromatic carbocycles. The molecule has 0 bridgehead atoms. The van der Waals surface area contributed by atoms with Crippen LogP contribution in [0.1, 0.15) is 25.5 Å². The van der Waals surface area contributed by atoms with Crippen molar-refractivity contribution >= 4 is 0 Å². The minimum absolute atomic E-state index is 0.184. The van der Waals surface area contributed by atoms with E-state index in [2.05, 4.69) is 6.92 Å². The first kappa shape index (κ1) is 6.92. The highest BCUT2D eigenvalue weighted by atomic mass is 16.3. The van der Waals surface area contributed by atoms with Crippen molar-refractivity contribution in [2.45, 2.75) is 31.2 Å². The number of hydrogen-bond donors (Lipinski definition) is 1. The molecule has 1 heterocycles. The summed E-state index contributed by atoms with van der Waals surface area (Å²) in [6.07, 6.45) is 3.89. The minimum Gasteiger partial charge on any atom is -0.469 e. The van der Waals surface area contributed by atoms with Crippen LogP contribution in [-0.2, 0) is 5.41 Å². The standard InChI is InChI=1S/C9H13NO/c1-2-9(6-7(9)10)8-4-3-5-11-8/h3-5,7H,2,6,10H2,1H3. The Morgan fingerprint density at radius 2 is 2.55 bits per heavy atom. The zero-order valence-corrected chi connectivity index (χ0v) is 6.71. The molecule has 2 atom stereocenters. The highest BCUT2D eigenvalue weighted by molar-refractivity contribution is 5.28. The van der Waals surface area contributed by atoms with Crippen molar-refractivity contribution in [3.8, 4) is 0 Å². The van der Waals surface area contributed by atoms with Crippen LogP contribution in [0.25, 0.3) is 0 Å². The summed E-state index contributed by atoms with van der Waals surface area (Å²) in [7, 11) is 0. The number of rotatable bonds is 2. The number of nitrogens with two attached hydrogens (primary N) is 1. The van der Waals surface area contributed by atoms with Gasteiger partial charge in [-0.1, -0.05) is 6.92 Å². The van der Waals surface area contributed by atoms with Gasteiger partial charge in [0.15, 0.2) is 0 Å². The molecule has 0 amide bonds. The zero-order valence-electron chi connectivity index (χ0n) is 6.71. The van der Waals surface area contributed by atoms with Gasteiger partial charge in [0.1, 0.15) is 5.76 Å². The lowest BCUT2D eigenvalue weighted by molar-refractivity contribution is 0.435. The van der Waals surface area contributed by atoms with Crippen molar-refractivity contribution in [1.82, 2.24) is 0 Å².